The molecule has 0 saturated carbocycles. The molecule has 1 unspecified atom stereocenters. The standard InChI is InChI=1S/C22H22F3NO3/c1-2-28-19-12-8-17(9-13-19)21-5-3-4-18(15-27)26(21)14-16-6-10-20(11-7-16)29-22(23,24)25/h5-13,15,18H,2-4,14H2,1H3. The number of aldehydes is 1. The molecule has 7 heteroatoms. The molecule has 2 aromatic carbocycles. The van der Waals surface area contributed by atoms with Gasteiger partial charge in [0.05, 0.1) is 12.6 Å². The molecule has 0 spiro atoms. The van der Waals surface area contributed by atoms with Gasteiger partial charge in [-0.15, -0.1) is 13.2 Å². The molecule has 0 aromatic heterocycles. The van der Waals surface area contributed by atoms with Gasteiger partial charge in [0.25, 0.3) is 0 Å². The minimum Gasteiger partial charge on any atom is -0.494 e. The van der Waals surface area contributed by atoms with Crippen molar-refractivity contribution in [2.24, 2.45) is 0 Å². The first-order valence-electron chi connectivity index (χ1n) is 9.39. The Bertz CT molecular complexity index is 845. The predicted molar refractivity (Wildman–Crippen MR) is 103 cm³/mol. The maximum absolute atomic E-state index is 12.3. The first-order chi connectivity index (χ1) is 13.9. The number of carbonyl (C=O) groups is 1. The van der Waals surface area contributed by atoms with Gasteiger partial charge in [0.1, 0.15) is 17.8 Å². The zero-order valence-electron chi connectivity index (χ0n) is 16.0. The Morgan fingerprint density at radius 3 is 2.31 bits per heavy atom. The van der Waals surface area contributed by atoms with E-state index in [2.05, 4.69) is 10.8 Å². The second-order valence-corrected chi connectivity index (χ2v) is 6.65. The molecule has 154 valence electrons. The second kappa shape index (κ2) is 9.03. The van der Waals surface area contributed by atoms with Gasteiger partial charge in [-0.3, -0.25) is 0 Å². The third-order valence-corrected chi connectivity index (χ3v) is 4.64. The number of hydrogen-bond acceptors (Lipinski definition) is 4. The first kappa shape index (κ1) is 20.8. The van der Waals surface area contributed by atoms with E-state index in [0.717, 1.165) is 35.3 Å². The highest BCUT2D eigenvalue weighted by atomic mass is 19.4. The molecular weight excluding hydrogens is 383 g/mol. The van der Waals surface area contributed by atoms with Gasteiger partial charge in [-0.1, -0.05) is 18.2 Å². The molecule has 29 heavy (non-hydrogen) atoms. The van der Waals surface area contributed by atoms with Gasteiger partial charge in [-0.25, -0.2) is 0 Å². The van der Waals surface area contributed by atoms with Crippen LogP contribution in [-0.2, 0) is 11.3 Å². The Morgan fingerprint density at radius 2 is 1.72 bits per heavy atom. The zero-order valence-corrected chi connectivity index (χ0v) is 16.0. The molecular formula is C22H22F3NO3. The van der Waals surface area contributed by atoms with Gasteiger partial charge in [-0.2, -0.15) is 0 Å². The number of allylic oxidation sites excluding steroid dienone is 1. The van der Waals surface area contributed by atoms with E-state index in [4.69, 9.17) is 4.74 Å². The van der Waals surface area contributed by atoms with Gasteiger partial charge >= 0.3 is 6.36 Å². The van der Waals surface area contributed by atoms with Crippen LogP contribution in [0.15, 0.2) is 54.6 Å². The van der Waals surface area contributed by atoms with E-state index in [0.29, 0.717) is 19.6 Å². The molecule has 0 radical (unpaired) electrons. The molecule has 1 aliphatic rings. The largest absolute Gasteiger partial charge is 0.573 e. The van der Waals surface area contributed by atoms with Crippen molar-refractivity contribution in [3.8, 4) is 11.5 Å². The van der Waals surface area contributed by atoms with Crippen LogP contribution in [0.2, 0.25) is 0 Å². The number of ether oxygens (including phenoxy) is 2. The molecule has 0 amide bonds. The van der Waals surface area contributed by atoms with Gasteiger partial charge in [0, 0.05) is 12.2 Å². The normalized spacial score (nSPS) is 16.9. The maximum Gasteiger partial charge on any atom is 0.573 e. The summed E-state index contributed by atoms with van der Waals surface area (Å²) < 4.78 is 46.4. The van der Waals surface area contributed by atoms with Crippen LogP contribution >= 0.6 is 0 Å². The molecule has 1 atom stereocenters. The summed E-state index contributed by atoms with van der Waals surface area (Å²) in [6.45, 7) is 2.89. The summed E-state index contributed by atoms with van der Waals surface area (Å²) in [6.07, 6.45) is -0.250. The number of hydrogen-bond donors (Lipinski definition) is 0. The lowest BCUT2D eigenvalue weighted by molar-refractivity contribution is -0.274. The number of carbonyl (C=O) groups excluding carboxylic acids is 1. The van der Waals surface area contributed by atoms with Crippen molar-refractivity contribution >= 4 is 12.0 Å². The molecule has 0 fully saturated rings. The monoisotopic (exact) mass is 405 g/mol. The van der Waals surface area contributed by atoms with Crippen LogP contribution in [0.5, 0.6) is 11.5 Å². The van der Waals surface area contributed by atoms with Crippen LogP contribution in [-0.4, -0.2) is 30.2 Å². The van der Waals surface area contributed by atoms with Gasteiger partial charge in [-0.05, 0) is 67.3 Å². The van der Waals surface area contributed by atoms with E-state index in [9.17, 15) is 18.0 Å². The number of rotatable bonds is 7. The third kappa shape index (κ3) is 5.53. The number of alkyl halides is 3. The average molecular weight is 405 g/mol. The van der Waals surface area contributed by atoms with Crippen molar-refractivity contribution in [3.05, 3.63) is 65.7 Å². The summed E-state index contributed by atoms with van der Waals surface area (Å²) in [5.74, 6) is 0.500. The Balaban J connectivity index is 1.80. The smallest absolute Gasteiger partial charge is 0.494 e. The summed E-state index contributed by atoms with van der Waals surface area (Å²) in [5.41, 5.74) is 2.66. The molecule has 0 bridgehead atoms. The number of nitrogens with zero attached hydrogens (tertiary/aromatic N) is 1. The molecule has 3 rings (SSSR count). The molecule has 0 saturated heterocycles. The van der Waals surface area contributed by atoms with E-state index in [-0.39, 0.29) is 11.8 Å². The topological polar surface area (TPSA) is 38.8 Å². The Hall–Kier alpha value is -2.96. The fourth-order valence-corrected chi connectivity index (χ4v) is 3.35. The summed E-state index contributed by atoms with van der Waals surface area (Å²) >= 11 is 0. The quantitative estimate of drug-likeness (QED) is 0.595. The van der Waals surface area contributed by atoms with Crippen molar-refractivity contribution in [1.29, 1.82) is 0 Å². The first-order valence-corrected chi connectivity index (χ1v) is 9.39. The van der Waals surface area contributed by atoms with E-state index < -0.39 is 6.36 Å². The predicted octanol–water partition coefficient (Wildman–Crippen LogP) is 5.19. The van der Waals surface area contributed by atoms with Crippen LogP contribution in [0.25, 0.3) is 5.70 Å². The van der Waals surface area contributed by atoms with E-state index in [1.165, 1.54) is 12.1 Å². The van der Waals surface area contributed by atoms with Gasteiger partial charge in [0.2, 0.25) is 0 Å². The van der Waals surface area contributed by atoms with E-state index in [1.807, 2.05) is 36.1 Å². The van der Waals surface area contributed by atoms with Gasteiger partial charge < -0.3 is 19.2 Å². The fraction of sp³-hybridized carbons (Fsp3) is 0.318. The van der Waals surface area contributed by atoms with Crippen molar-refractivity contribution < 1.29 is 27.4 Å². The molecule has 1 aliphatic heterocycles. The summed E-state index contributed by atoms with van der Waals surface area (Å²) in [6, 6.07) is 13.1. The molecule has 2 aromatic rings. The molecule has 4 nitrogen and oxygen atoms in total. The minimum absolute atomic E-state index is 0.269. The molecule has 0 aliphatic carbocycles. The summed E-state index contributed by atoms with van der Waals surface area (Å²) in [7, 11) is 0. The number of benzene rings is 2. The lowest BCUT2D eigenvalue weighted by Gasteiger charge is -2.36. The summed E-state index contributed by atoms with van der Waals surface area (Å²) in [4.78, 5) is 13.6. The van der Waals surface area contributed by atoms with Crippen LogP contribution in [0, 0.1) is 0 Å². The lowest BCUT2D eigenvalue weighted by atomic mass is 9.98. The Morgan fingerprint density at radius 1 is 1.07 bits per heavy atom. The fourth-order valence-electron chi connectivity index (χ4n) is 3.35. The van der Waals surface area contributed by atoms with E-state index >= 15 is 0 Å². The van der Waals surface area contributed by atoms with Crippen molar-refractivity contribution in [2.75, 3.05) is 6.61 Å². The SMILES string of the molecule is CCOc1ccc(C2=CCCC(C=O)N2Cc2ccc(OC(F)(F)F)cc2)cc1. The van der Waals surface area contributed by atoms with Crippen LogP contribution in [0.1, 0.15) is 30.9 Å². The van der Waals surface area contributed by atoms with Crippen LogP contribution < -0.4 is 9.47 Å². The maximum atomic E-state index is 12.3. The zero-order chi connectivity index (χ0) is 20.9. The van der Waals surface area contributed by atoms with Crippen molar-refractivity contribution in [3.63, 3.8) is 0 Å². The second-order valence-electron chi connectivity index (χ2n) is 6.65. The van der Waals surface area contributed by atoms with E-state index in [1.54, 1.807) is 12.1 Å². The third-order valence-electron chi connectivity index (χ3n) is 4.64. The van der Waals surface area contributed by atoms with Crippen molar-refractivity contribution in [1.82, 2.24) is 4.90 Å². The summed E-state index contributed by atoms with van der Waals surface area (Å²) in [5, 5.41) is 0. The average Bonchev–Trinajstić information content (AvgIpc) is 2.69. The minimum atomic E-state index is -4.72. The van der Waals surface area contributed by atoms with Crippen molar-refractivity contribution in [2.45, 2.75) is 38.7 Å². The van der Waals surface area contributed by atoms with Crippen LogP contribution in [0.3, 0.4) is 0 Å². The molecule has 0 N–H and O–H groups in total. The number of halogens is 3. The lowest BCUT2D eigenvalue weighted by Crippen LogP contribution is -2.36. The Kier molecular flexibility index (Phi) is 6.46. The Labute approximate surface area is 167 Å². The highest BCUT2D eigenvalue weighted by Crippen LogP contribution is 2.31. The highest BCUT2D eigenvalue weighted by molar-refractivity contribution is 5.71. The van der Waals surface area contributed by atoms with Crippen LogP contribution in [0.4, 0.5) is 13.2 Å². The molecule has 1 heterocycles. The highest BCUT2D eigenvalue weighted by Gasteiger charge is 2.31. The van der Waals surface area contributed by atoms with Gasteiger partial charge in [0.15, 0.2) is 0 Å².